The van der Waals surface area contributed by atoms with E-state index in [2.05, 4.69) is 10.3 Å². The summed E-state index contributed by atoms with van der Waals surface area (Å²) in [6, 6.07) is 7.68. The third kappa shape index (κ3) is 5.03. The van der Waals surface area contributed by atoms with Crippen molar-refractivity contribution in [1.82, 2.24) is 9.88 Å². The summed E-state index contributed by atoms with van der Waals surface area (Å²) in [5.41, 5.74) is -1.12. The van der Waals surface area contributed by atoms with Gasteiger partial charge >= 0.3 is 12.2 Å². The second-order valence-electron chi connectivity index (χ2n) is 6.09. The molecular formula is C18H17ClF3N3O2. The molecule has 1 aromatic carbocycles. The fraction of sp³-hybridized carbons (Fsp3) is 0.333. The molecule has 2 aromatic rings. The summed E-state index contributed by atoms with van der Waals surface area (Å²) < 4.78 is 44.8. The highest BCUT2D eigenvalue weighted by Crippen LogP contribution is 2.34. The molecule has 2 heterocycles. The maximum atomic E-state index is 13.0. The normalized spacial score (nSPS) is 15.5. The number of rotatable bonds is 3. The number of carbonyl (C=O) groups is 1. The first-order chi connectivity index (χ1) is 12.8. The number of alkyl halides is 3. The van der Waals surface area contributed by atoms with E-state index in [0.717, 1.165) is 6.07 Å². The average molecular weight is 400 g/mol. The van der Waals surface area contributed by atoms with Crippen LogP contribution in [-0.4, -0.2) is 35.1 Å². The van der Waals surface area contributed by atoms with Gasteiger partial charge in [0, 0.05) is 38.2 Å². The topological polar surface area (TPSA) is 54.5 Å². The van der Waals surface area contributed by atoms with Gasteiger partial charge in [-0.15, -0.1) is 0 Å². The van der Waals surface area contributed by atoms with Gasteiger partial charge in [-0.2, -0.15) is 13.2 Å². The Balaban J connectivity index is 1.55. The number of carbonyl (C=O) groups excluding carboxylic acids is 1. The van der Waals surface area contributed by atoms with Gasteiger partial charge in [-0.1, -0.05) is 23.7 Å². The summed E-state index contributed by atoms with van der Waals surface area (Å²) in [5, 5.41) is 2.86. The summed E-state index contributed by atoms with van der Waals surface area (Å²) >= 11 is 5.77. The van der Waals surface area contributed by atoms with Gasteiger partial charge in [0.15, 0.2) is 0 Å². The maximum absolute atomic E-state index is 13.0. The number of nitrogens with zero attached hydrogens (tertiary/aromatic N) is 2. The summed E-state index contributed by atoms with van der Waals surface area (Å²) in [4.78, 5) is 17.9. The Bertz CT molecular complexity index is 791. The molecule has 2 amide bonds. The quantitative estimate of drug-likeness (QED) is 0.804. The van der Waals surface area contributed by atoms with Crippen LogP contribution < -0.4 is 10.1 Å². The molecule has 3 rings (SSSR count). The molecule has 0 radical (unpaired) electrons. The number of pyridine rings is 1. The van der Waals surface area contributed by atoms with Crippen LogP contribution in [0.4, 0.5) is 23.7 Å². The number of nitrogens with one attached hydrogen (secondary N) is 1. The van der Waals surface area contributed by atoms with Crippen molar-refractivity contribution in [2.45, 2.75) is 25.1 Å². The number of anilines is 1. The van der Waals surface area contributed by atoms with E-state index in [1.807, 2.05) is 0 Å². The molecule has 1 N–H and O–H groups in total. The van der Waals surface area contributed by atoms with Crippen LogP contribution in [0.15, 0.2) is 42.6 Å². The molecule has 0 spiro atoms. The van der Waals surface area contributed by atoms with Crippen LogP contribution >= 0.6 is 11.6 Å². The molecule has 0 aliphatic carbocycles. The van der Waals surface area contributed by atoms with E-state index in [4.69, 9.17) is 16.3 Å². The van der Waals surface area contributed by atoms with Crippen molar-refractivity contribution in [1.29, 1.82) is 0 Å². The lowest BCUT2D eigenvalue weighted by molar-refractivity contribution is -0.136. The van der Waals surface area contributed by atoms with Crippen LogP contribution in [0.1, 0.15) is 18.4 Å². The summed E-state index contributed by atoms with van der Waals surface area (Å²) in [7, 11) is 0. The predicted molar refractivity (Wildman–Crippen MR) is 94.9 cm³/mol. The zero-order chi connectivity index (χ0) is 19.4. The van der Waals surface area contributed by atoms with E-state index in [1.165, 1.54) is 29.3 Å². The Labute approximate surface area is 159 Å². The highest BCUT2D eigenvalue weighted by Gasteiger charge is 2.34. The van der Waals surface area contributed by atoms with Gasteiger partial charge in [0.1, 0.15) is 6.10 Å². The Hall–Kier alpha value is -2.48. The first-order valence-electron chi connectivity index (χ1n) is 8.33. The van der Waals surface area contributed by atoms with E-state index in [-0.39, 0.29) is 11.8 Å². The molecule has 144 valence electrons. The standard InChI is InChI=1S/C18H17ClF3N3O2/c19-12-5-6-16(23-11-12)27-13-7-9-25(10-8-13)17(26)24-15-4-2-1-3-14(15)18(20,21)22/h1-6,11,13H,7-10H2,(H,24,26). The number of para-hydroxylation sites is 1. The van der Waals surface area contributed by atoms with Crippen LogP contribution in [0, 0.1) is 0 Å². The van der Waals surface area contributed by atoms with E-state index in [0.29, 0.717) is 36.8 Å². The molecule has 1 saturated heterocycles. The summed E-state index contributed by atoms with van der Waals surface area (Å²) in [6.45, 7) is 0.747. The number of amides is 2. The van der Waals surface area contributed by atoms with Gasteiger partial charge in [0.25, 0.3) is 0 Å². The van der Waals surface area contributed by atoms with Crippen molar-refractivity contribution < 1.29 is 22.7 Å². The molecular weight excluding hydrogens is 383 g/mol. The number of benzene rings is 1. The number of halogens is 4. The van der Waals surface area contributed by atoms with Gasteiger partial charge in [0.05, 0.1) is 16.3 Å². The number of aromatic nitrogens is 1. The van der Waals surface area contributed by atoms with E-state index < -0.39 is 17.8 Å². The summed E-state index contributed by atoms with van der Waals surface area (Å²) in [6.07, 6.45) is -2.06. The molecule has 0 saturated carbocycles. The minimum Gasteiger partial charge on any atom is -0.474 e. The Morgan fingerprint density at radius 1 is 1.19 bits per heavy atom. The first-order valence-corrected chi connectivity index (χ1v) is 8.71. The van der Waals surface area contributed by atoms with Gasteiger partial charge in [-0.05, 0) is 18.2 Å². The van der Waals surface area contributed by atoms with Crippen LogP contribution in [-0.2, 0) is 6.18 Å². The number of hydrogen-bond acceptors (Lipinski definition) is 3. The van der Waals surface area contributed by atoms with Crippen LogP contribution in [0.5, 0.6) is 5.88 Å². The van der Waals surface area contributed by atoms with Gasteiger partial charge < -0.3 is 15.0 Å². The van der Waals surface area contributed by atoms with Crippen molar-refractivity contribution in [3.63, 3.8) is 0 Å². The molecule has 0 bridgehead atoms. The zero-order valence-electron chi connectivity index (χ0n) is 14.2. The van der Waals surface area contributed by atoms with Crippen molar-refractivity contribution in [2.75, 3.05) is 18.4 Å². The third-order valence-electron chi connectivity index (χ3n) is 4.19. The van der Waals surface area contributed by atoms with Crippen molar-refractivity contribution >= 4 is 23.3 Å². The Morgan fingerprint density at radius 2 is 1.89 bits per heavy atom. The number of piperidine rings is 1. The van der Waals surface area contributed by atoms with Crippen molar-refractivity contribution in [3.05, 3.63) is 53.2 Å². The van der Waals surface area contributed by atoms with Crippen LogP contribution in [0.25, 0.3) is 0 Å². The molecule has 1 aliphatic heterocycles. The van der Waals surface area contributed by atoms with Crippen LogP contribution in [0.3, 0.4) is 0 Å². The zero-order valence-corrected chi connectivity index (χ0v) is 14.9. The number of hydrogen-bond donors (Lipinski definition) is 1. The molecule has 0 atom stereocenters. The average Bonchev–Trinajstić information content (AvgIpc) is 2.64. The molecule has 1 aromatic heterocycles. The molecule has 1 aliphatic rings. The monoisotopic (exact) mass is 399 g/mol. The maximum Gasteiger partial charge on any atom is 0.418 e. The van der Waals surface area contributed by atoms with E-state index in [1.54, 1.807) is 12.1 Å². The largest absolute Gasteiger partial charge is 0.474 e. The number of urea groups is 1. The highest BCUT2D eigenvalue weighted by atomic mass is 35.5. The lowest BCUT2D eigenvalue weighted by atomic mass is 10.1. The summed E-state index contributed by atoms with van der Waals surface area (Å²) in [5.74, 6) is 0.446. The minimum atomic E-state index is -4.53. The SMILES string of the molecule is O=C(Nc1ccccc1C(F)(F)F)N1CCC(Oc2ccc(Cl)cn2)CC1. The molecule has 5 nitrogen and oxygen atoms in total. The van der Waals surface area contributed by atoms with Gasteiger partial charge in [-0.25, -0.2) is 9.78 Å². The first kappa shape index (κ1) is 19.3. The number of likely N-dealkylation sites (tertiary alicyclic amines) is 1. The Morgan fingerprint density at radius 3 is 2.52 bits per heavy atom. The molecule has 0 unspecified atom stereocenters. The lowest BCUT2D eigenvalue weighted by Crippen LogP contribution is -2.44. The minimum absolute atomic E-state index is 0.120. The third-order valence-corrected chi connectivity index (χ3v) is 4.41. The second kappa shape index (κ2) is 8.04. The van der Waals surface area contributed by atoms with Gasteiger partial charge in [-0.3, -0.25) is 0 Å². The van der Waals surface area contributed by atoms with Crippen molar-refractivity contribution in [2.24, 2.45) is 0 Å². The van der Waals surface area contributed by atoms with E-state index >= 15 is 0 Å². The number of ether oxygens (including phenoxy) is 1. The molecule has 1 fully saturated rings. The van der Waals surface area contributed by atoms with Crippen molar-refractivity contribution in [3.8, 4) is 5.88 Å². The lowest BCUT2D eigenvalue weighted by Gasteiger charge is -2.32. The fourth-order valence-corrected chi connectivity index (χ4v) is 2.92. The fourth-order valence-electron chi connectivity index (χ4n) is 2.81. The molecule has 9 heteroatoms. The van der Waals surface area contributed by atoms with Crippen LogP contribution in [0.2, 0.25) is 5.02 Å². The molecule has 27 heavy (non-hydrogen) atoms. The Kier molecular flexibility index (Phi) is 5.74. The van der Waals surface area contributed by atoms with E-state index in [9.17, 15) is 18.0 Å². The van der Waals surface area contributed by atoms with Gasteiger partial charge in [0.2, 0.25) is 5.88 Å². The highest BCUT2D eigenvalue weighted by molar-refractivity contribution is 6.30. The second-order valence-corrected chi connectivity index (χ2v) is 6.53. The smallest absolute Gasteiger partial charge is 0.418 e. The predicted octanol–water partition coefficient (Wildman–Crippen LogP) is 4.83.